The molecule has 0 spiro atoms. The summed E-state index contributed by atoms with van der Waals surface area (Å²) < 4.78 is 24.7. The summed E-state index contributed by atoms with van der Waals surface area (Å²) in [5, 5.41) is 2.76. The van der Waals surface area contributed by atoms with Crippen molar-refractivity contribution >= 4 is 5.91 Å². The van der Waals surface area contributed by atoms with E-state index in [1.54, 1.807) is 30.5 Å². The molecule has 28 heavy (non-hydrogen) atoms. The molecule has 3 rings (SSSR count). The lowest BCUT2D eigenvalue weighted by atomic mass is 10.2. The van der Waals surface area contributed by atoms with Crippen LogP contribution in [0.1, 0.15) is 29.3 Å². The number of amides is 1. The molecule has 0 radical (unpaired) electrons. The lowest BCUT2D eigenvalue weighted by Crippen LogP contribution is -2.23. The molecular formula is C22H21FN2O3. The Hall–Kier alpha value is -3.41. The number of halogens is 1. The van der Waals surface area contributed by atoms with E-state index in [0.29, 0.717) is 23.8 Å². The fourth-order valence-corrected chi connectivity index (χ4v) is 2.49. The first-order valence-electron chi connectivity index (χ1n) is 9.04. The fraction of sp³-hybridized carbons (Fsp3) is 0.182. The lowest BCUT2D eigenvalue weighted by Gasteiger charge is -2.11. The minimum atomic E-state index is -0.454. The van der Waals surface area contributed by atoms with Crippen molar-refractivity contribution in [2.24, 2.45) is 0 Å². The molecule has 0 unspecified atom stereocenters. The maximum absolute atomic E-state index is 13.3. The molecule has 0 aliphatic heterocycles. The number of carbonyl (C=O) groups excluding carboxylic acids is 1. The van der Waals surface area contributed by atoms with E-state index < -0.39 is 5.82 Å². The Kier molecular flexibility index (Phi) is 6.57. The van der Waals surface area contributed by atoms with Crippen LogP contribution in [0.4, 0.5) is 4.39 Å². The molecule has 5 nitrogen and oxygen atoms in total. The first-order valence-corrected chi connectivity index (χ1v) is 9.04. The van der Waals surface area contributed by atoms with Crippen LogP contribution in [-0.4, -0.2) is 17.5 Å². The van der Waals surface area contributed by atoms with Crippen molar-refractivity contribution in [3.63, 3.8) is 0 Å². The second kappa shape index (κ2) is 9.50. The van der Waals surface area contributed by atoms with Crippen molar-refractivity contribution in [1.82, 2.24) is 10.3 Å². The van der Waals surface area contributed by atoms with Crippen LogP contribution in [0.15, 0.2) is 66.9 Å². The third kappa shape index (κ3) is 5.30. The molecule has 144 valence electrons. The summed E-state index contributed by atoms with van der Waals surface area (Å²) in [6.45, 7) is 2.92. The van der Waals surface area contributed by atoms with Gasteiger partial charge in [-0.2, -0.15) is 0 Å². The number of hydrogen-bond donors (Lipinski definition) is 1. The van der Waals surface area contributed by atoms with Crippen LogP contribution in [0.3, 0.4) is 0 Å². The van der Waals surface area contributed by atoms with E-state index in [-0.39, 0.29) is 18.0 Å². The Bertz CT molecular complexity index is 929. The number of aromatic nitrogens is 1. The molecule has 0 bridgehead atoms. The van der Waals surface area contributed by atoms with E-state index in [4.69, 9.17) is 9.47 Å². The number of benzene rings is 2. The summed E-state index contributed by atoms with van der Waals surface area (Å²) in [6, 6.07) is 16.4. The summed E-state index contributed by atoms with van der Waals surface area (Å²) in [5.74, 6) is 0.957. The van der Waals surface area contributed by atoms with Gasteiger partial charge in [-0.3, -0.25) is 4.79 Å². The molecule has 0 aliphatic rings. The van der Waals surface area contributed by atoms with E-state index >= 15 is 0 Å². The van der Waals surface area contributed by atoms with Crippen molar-refractivity contribution in [1.29, 1.82) is 0 Å². The highest BCUT2D eigenvalue weighted by Crippen LogP contribution is 2.25. The quantitative estimate of drug-likeness (QED) is 0.614. The molecular weight excluding hydrogens is 359 g/mol. The number of pyridine rings is 1. The first kappa shape index (κ1) is 19.4. The molecule has 0 saturated carbocycles. The van der Waals surface area contributed by atoms with Crippen LogP contribution in [0, 0.1) is 5.82 Å². The maximum Gasteiger partial charge on any atom is 0.251 e. The number of nitrogens with one attached hydrogen (secondary N) is 1. The second-order valence-electron chi connectivity index (χ2n) is 6.08. The van der Waals surface area contributed by atoms with Gasteiger partial charge >= 0.3 is 0 Å². The molecule has 1 amide bonds. The zero-order chi connectivity index (χ0) is 19.8. The van der Waals surface area contributed by atoms with Gasteiger partial charge < -0.3 is 14.8 Å². The molecule has 6 heteroatoms. The number of nitrogens with zero attached hydrogens (tertiary/aromatic N) is 1. The maximum atomic E-state index is 13.3. The van der Waals surface area contributed by atoms with Crippen LogP contribution in [0.25, 0.3) is 0 Å². The Morgan fingerprint density at radius 1 is 1.07 bits per heavy atom. The number of rotatable bonds is 8. The zero-order valence-electron chi connectivity index (χ0n) is 15.5. The molecule has 0 fully saturated rings. The summed E-state index contributed by atoms with van der Waals surface area (Å²) in [4.78, 5) is 16.5. The Morgan fingerprint density at radius 2 is 1.86 bits per heavy atom. The van der Waals surface area contributed by atoms with Gasteiger partial charge in [-0.15, -0.1) is 0 Å². The minimum Gasteiger partial charge on any atom is -0.494 e. The molecule has 1 heterocycles. The van der Waals surface area contributed by atoms with Crippen LogP contribution in [0.5, 0.6) is 17.4 Å². The predicted octanol–water partition coefficient (Wildman–Crippen LogP) is 4.73. The highest BCUT2D eigenvalue weighted by atomic mass is 19.1. The van der Waals surface area contributed by atoms with E-state index in [2.05, 4.69) is 10.3 Å². The minimum absolute atomic E-state index is 0.205. The Labute approximate surface area is 163 Å². The van der Waals surface area contributed by atoms with E-state index in [1.807, 2.05) is 25.1 Å². The third-order valence-corrected chi connectivity index (χ3v) is 3.89. The smallest absolute Gasteiger partial charge is 0.251 e. The van der Waals surface area contributed by atoms with E-state index in [0.717, 1.165) is 12.2 Å². The van der Waals surface area contributed by atoms with Crippen molar-refractivity contribution in [2.75, 3.05) is 6.61 Å². The fourth-order valence-electron chi connectivity index (χ4n) is 2.49. The highest BCUT2D eigenvalue weighted by molar-refractivity contribution is 5.94. The third-order valence-electron chi connectivity index (χ3n) is 3.89. The molecule has 1 N–H and O–H groups in total. The van der Waals surface area contributed by atoms with Gasteiger partial charge in [0.25, 0.3) is 5.91 Å². The molecule has 0 aliphatic carbocycles. The van der Waals surface area contributed by atoms with Gasteiger partial charge in [-0.1, -0.05) is 19.1 Å². The Balaban J connectivity index is 1.65. The van der Waals surface area contributed by atoms with Crippen molar-refractivity contribution < 1.29 is 18.7 Å². The topological polar surface area (TPSA) is 60.5 Å². The normalized spacial score (nSPS) is 10.4. The number of ether oxygens (including phenoxy) is 2. The standard InChI is InChI=1S/C22H21FN2O3/c1-2-13-27-19-8-10-20(11-9-19)28-22-17(6-4-12-24-22)15-25-21(26)16-5-3-7-18(23)14-16/h3-12,14H,2,13,15H2,1H3,(H,25,26). The molecule has 0 saturated heterocycles. The predicted molar refractivity (Wildman–Crippen MR) is 104 cm³/mol. The molecule has 0 atom stereocenters. The molecule has 3 aromatic rings. The van der Waals surface area contributed by atoms with Crippen molar-refractivity contribution in [3.8, 4) is 17.4 Å². The van der Waals surface area contributed by atoms with Crippen LogP contribution in [-0.2, 0) is 6.54 Å². The van der Waals surface area contributed by atoms with Crippen LogP contribution >= 0.6 is 0 Å². The average Bonchev–Trinajstić information content (AvgIpc) is 2.72. The van der Waals surface area contributed by atoms with Gasteiger partial charge in [0, 0.05) is 23.9 Å². The summed E-state index contributed by atoms with van der Waals surface area (Å²) in [6.07, 6.45) is 2.56. The Morgan fingerprint density at radius 3 is 2.61 bits per heavy atom. The highest BCUT2D eigenvalue weighted by Gasteiger charge is 2.10. The van der Waals surface area contributed by atoms with Gasteiger partial charge in [0.2, 0.25) is 5.88 Å². The summed E-state index contributed by atoms with van der Waals surface area (Å²) >= 11 is 0. The number of hydrogen-bond acceptors (Lipinski definition) is 4. The van der Waals surface area contributed by atoms with Gasteiger partial charge in [0.1, 0.15) is 17.3 Å². The van der Waals surface area contributed by atoms with Crippen LogP contribution in [0.2, 0.25) is 0 Å². The largest absolute Gasteiger partial charge is 0.494 e. The van der Waals surface area contributed by atoms with Gasteiger partial charge in [-0.25, -0.2) is 9.37 Å². The van der Waals surface area contributed by atoms with Crippen molar-refractivity contribution in [2.45, 2.75) is 19.9 Å². The van der Waals surface area contributed by atoms with Gasteiger partial charge in [0.05, 0.1) is 6.61 Å². The second-order valence-corrected chi connectivity index (χ2v) is 6.08. The van der Waals surface area contributed by atoms with E-state index in [9.17, 15) is 9.18 Å². The first-order chi connectivity index (χ1) is 13.7. The summed E-state index contributed by atoms with van der Waals surface area (Å²) in [5.41, 5.74) is 0.965. The lowest BCUT2D eigenvalue weighted by molar-refractivity contribution is 0.0950. The van der Waals surface area contributed by atoms with Crippen LogP contribution < -0.4 is 14.8 Å². The SMILES string of the molecule is CCCOc1ccc(Oc2ncccc2CNC(=O)c2cccc(F)c2)cc1. The summed E-state index contributed by atoms with van der Waals surface area (Å²) in [7, 11) is 0. The van der Waals surface area contributed by atoms with Gasteiger partial charge in [-0.05, 0) is 55.0 Å². The molecule has 2 aromatic carbocycles. The van der Waals surface area contributed by atoms with E-state index in [1.165, 1.54) is 18.2 Å². The van der Waals surface area contributed by atoms with Crippen molar-refractivity contribution in [3.05, 3.63) is 83.8 Å². The monoisotopic (exact) mass is 380 g/mol. The molecule has 1 aromatic heterocycles. The average molecular weight is 380 g/mol. The number of carbonyl (C=O) groups is 1. The zero-order valence-corrected chi connectivity index (χ0v) is 15.5. The van der Waals surface area contributed by atoms with Gasteiger partial charge in [0.15, 0.2) is 0 Å².